The zero-order chi connectivity index (χ0) is 14.4. The number of rotatable bonds is 3. The van der Waals surface area contributed by atoms with Crippen LogP contribution in [-0.4, -0.2) is 17.0 Å². The molecule has 5 nitrogen and oxygen atoms in total. The smallest absolute Gasteiger partial charge is 0.305 e. The van der Waals surface area contributed by atoms with Crippen molar-refractivity contribution in [2.45, 2.75) is 38.1 Å². The molecule has 19 heavy (non-hydrogen) atoms. The Morgan fingerprint density at radius 3 is 2.68 bits per heavy atom. The highest BCUT2D eigenvalue weighted by Gasteiger charge is 2.39. The number of amides is 1. The van der Waals surface area contributed by atoms with Crippen molar-refractivity contribution in [2.24, 2.45) is 5.73 Å². The average molecular weight is 262 g/mol. The standard InChI is InChI=1S/C14H18N2O3/c1-13(2)9-6-8(14(3,15)7-11(17)18)4-5-10(9)16-12(13)19/h4-6H,7,15H2,1-3H3,(H,16,19)(H,17,18). The van der Waals surface area contributed by atoms with E-state index in [1.807, 2.05) is 19.9 Å². The first-order chi connectivity index (χ1) is 8.64. The van der Waals surface area contributed by atoms with Crippen molar-refractivity contribution in [2.75, 3.05) is 5.32 Å². The predicted octanol–water partition coefficient (Wildman–Crippen LogP) is 1.56. The Morgan fingerprint density at radius 1 is 1.47 bits per heavy atom. The molecule has 0 spiro atoms. The summed E-state index contributed by atoms with van der Waals surface area (Å²) in [5, 5.41) is 11.7. The number of carbonyl (C=O) groups excluding carboxylic acids is 1. The topological polar surface area (TPSA) is 92.4 Å². The normalized spacial score (nSPS) is 19.5. The van der Waals surface area contributed by atoms with Crippen LogP contribution in [0.1, 0.15) is 38.3 Å². The Bertz CT molecular complexity index is 562. The quantitative estimate of drug-likeness (QED) is 0.770. The lowest BCUT2D eigenvalue weighted by atomic mass is 9.82. The van der Waals surface area contributed by atoms with Gasteiger partial charge in [-0.25, -0.2) is 0 Å². The van der Waals surface area contributed by atoms with Gasteiger partial charge in [0.05, 0.1) is 11.8 Å². The molecule has 1 aliphatic heterocycles. The van der Waals surface area contributed by atoms with Gasteiger partial charge in [-0.1, -0.05) is 12.1 Å². The van der Waals surface area contributed by atoms with Crippen molar-refractivity contribution in [3.05, 3.63) is 29.3 Å². The van der Waals surface area contributed by atoms with Crippen LogP contribution in [0.5, 0.6) is 0 Å². The lowest BCUT2D eigenvalue weighted by Gasteiger charge is -2.25. The summed E-state index contributed by atoms with van der Waals surface area (Å²) in [6, 6.07) is 5.38. The predicted molar refractivity (Wildman–Crippen MR) is 71.9 cm³/mol. The van der Waals surface area contributed by atoms with Gasteiger partial charge < -0.3 is 16.2 Å². The molecule has 0 radical (unpaired) electrons. The maximum Gasteiger partial charge on any atom is 0.305 e. The van der Waals surface area contributed by atoms with Crippen LogP contribution < -0.4 is 11.1 Å². The first-order valence-electron chi connectivity index (χ1n) is 6.12. The third-order valence-electron chi connectivity index (χ3n) is 3.69. The summed E-state index contributed by atoms with van der Waals surface area (Å²) in [5.74, 6) is -1.00. The van der Waals surface area contributed by atoms with Crippen molar-refractivity contribution in [1.82, 2.24) is 0 Å². The van der Waals surface area contributed by atoms with Crippen LogP contribution in [0.4, 0.5) is 5.69 Å². The second kappa shape index (κ2) is 4.06. The SMILES string of the molecule is CC(N)(CC(=O)O)c1ccc2c(c1)C(C)(C)C(=O)N2. The number of nitrogens with one attached hydrogen (secondary N) is 1. The van der Waals surface area contributed by atoms with Gasteiger partial charge in [0.15, 0.2) is 0 Å². The number of anilines is 1. The summed E-state index contributed by atoms with van der Waals surface area (Å²) in [7, 11) is 0. The van der Waals surface area contributed by atoms with E-state index in [0.29, 0.717) is 0 Å². The minimum absolute atomic E-state index is 0.0587. The van der Waals surface area contributed by atoms with Crippen molar-refractivity contribution in [1.29, 1.82) is 0 Å². The Labute approximate surface area is 111 Å². The monoisotopic (exact) mass is 262 g/mol. The number of hydrogen-bond acceptors (Lipinski definition) is 3. The van der Waals surface area contributed by atoms with Gasteiger partial charge in [-0.2, -0.15) is 0 Å². The highest BCUT2D eigenvalue weighted by atomic mass is 16.4. The second-order valence-electron chi connectivity index (χ2n) is 5.83. The van der Waals surface area contributed by atoms with E-state index in [0.717, 1.165) is 16.8 Å². The van der Waals surface area contributed by atoms with Crippen LogP contribution in [-0.2, 0) is 20.5 Å². The van der Waals surface area contributed by atoms with Crippen LogP contribution in [0.25, 0.3) is 0 Å². The maximum absolute atomic E-state index is 11.9. The third kappa shape index (κ3) is 2.21. The summed E-state index contributed by atoms with van der Waals surface area (Å²) < 4.78 is 0. The number of aliphatic carboxylic acids is 1. The van der Waals surface area contributed by atoms with Crippen LogP contribution in [0.3, 0.4) is 0 Å². The zero-order valence-corrected chi connectivity index (χ0v) is 11.3. The molecule has 1 aromatic rings. The van der Waals surface area contributed by atoms with Gasteiger partial charge >= 0.3 is 5.97 Å². The van der Waals surface area contributed by atoms with E-state index in [1.165, 1.54) is 0 Å². The van der Waals surface area contributed by atoms with Crippen LogP contribution in [0, 0.1) is 0 Å². The molecule has 1 heterocycles. The highest BCUT2D eigenvalue weighted by Crippen LogP contribution is 2.39. The molecule has 0 bridgehead atoms. The number of benzene rings is 1. The molecule has 1 amide bonds. The van der Waals surface area contributed by atoms with E-state index in [-0.39, 0.29) is 12.3 Å². The number of carboxylic acid groups (broad SMARTS) is 1. The molecule has 5 heteroatoms. The first kappa shape index (κ1) is 13.5. The highest BCUT2D eigenvalue weighted by molar-refractivity contribution is 6.05. The molecule has 1 atom stereocenters. The number of fused-ring (bicyclic) bond motifs is 1. The van der Waals surface area contributed by atoms with Gasteiger partial charge in [-0.15, -0.1) is 0 Å². The summed E-state index contributed by atoms with van der Waals surface area (Å²) in [6.07, 6.45) is -0.159. The minimum atomic E-state index is -0.956. The Hall–Kier alpha value is -1.88. The third-order valence-corrected chi connectivity index (χ3v) is 3.69. The molecule has 0 aromatic heterocycles. The molecular weight excluding hydrogens is 244 g/mol. The molecule has 4 N–H and O–H groups in total. The van der Waals surface area contributed by atoms with Gasteiger partial charge in [-0.05, 0) is 38.0 Å². The van der Waals surface area contributed by atoms with Crippen LogP contribution >= 0.6 is 0 Å². The van der Waals surface area contributed by atoms with Gasteiger partial charge in [0.25, 0.3) is 0 Å². The summed E-state index contributed by atoms with van der Waals surface area (Å²) >= 11 is 0. The van der Waals surface area contributed by atoms with Crippen LogP contribution in [0.15, 0.2) is 18.2 Å². The summed E-state index contributed by atoms with van der Waals surface area (Å²) in [6.45, 7) is 5.35. The fraction of sp³-hybridized carbons (Fsp3) is 0.429. The van der Waals surface area contributed by atoms with E-state index in [2.05, 4.69) is 5.32 Å². The molecular formula is C14H18N2O3. The number of carbonyl (C=O) groups is 2. The summed E-state index contributed by atoms with van der Waals surface area (Å²) in [5.41, 5.74) is 6.84. The molecule has 1 aromatic carbocycles. The average Bonchev–Trinajstić information content (AvgIpc) is 2.48. The fourth-order valence-electron chi connectivity index (χ4n) is 2.34. The van der Waals surface area contributed by atoms with E-state index < -0.39 is 16.9 Å². The van der Waals surface area contributed by atoms with Gasteiger partial charge in [-0.3, -0.25) is 9.59 Å². The molecule has 0 aliphatic carbocycles. The second-order valence-corrected chi connectivity index (χ2v) is 5.83. The van der Waals surface area contributed by atoms with E-state index in [4.69, 9.17) is 10.8 Å². The largest absolute Gasteiger partial charge is 0.481 e. The molecule has 0 saturated heterocycles. The zero-order valence-electron chi connectivity index (χ0n) is 11.3. The molecule has 1 unspecified atom stereocenters. The number of hydrogen-bond donors (Lipinski definition) is 3. The van der Waals surface area contributed by atoms with Gasteiger partial charge in [0, 0.05) is 11.2 Å². The Kier molecular flexibility index (Phi) is 2.90. The Morgan fingerprint density at radius 2 is 2.11 bits per heavy atom. The van der Waals surface area contributed by atoms with Gasteiger partial charge in [0.2, 0.25) is 5.91 Å². The van der Waals surface area contributed by atoms with Crippen molar-refractivity contribution in [3.63, 3.8) is 0 Å². The fourth-order valence-corrected chi connectivity index (χ4v) is 2.34. The van der Waals surface area contributed by atoms with Crippen molar-refractivity contribution in [3.8, 4) is 0 Å². The van der Waals surface area contributed by atoms with E-state index in [9.17, 15) is 9.59 Å². The van der Waals surface area contributed by atoms with E-state index >= 15 is 0 Å². The molecule has 0 fully saturated rings. The molecule has 2 rings (SSSR count). The van der Waals surface area contributed by atoms with Crippen molar-refractivity contribution >= 4 is 17.6 Å². The first-order valence-corrected chi connectivity index (χ1v) is 6.12. The minimum Gasteiger partial charge on any atom is -0.481 e. The lowest BCUT2D eigenvalue weighted by Crippen LogP contribution is -2.36. The maximum atomic E-state index is 11.9. The molecule has 0 saturated carbocycles. The van der Waals surface area contributed by atoms with Crippen molar-refractivity contribution < 1.29 is 14.7 Å². The number of carboxylic acids is 1. The molecule has 102 valence electrons. The van der Waals surface area contributed by atoms with E-state index in [1.54, 1.807) is 19.1 Å². The lowest BCUT2D eigenvalue weighted by molar-refractivity contribution is -0.138. The summed E-state index contributed by atoms with van der Waals surface area (Å²) in [4.78, 5) is 22.7. The van der Waals surface area contributed by atoms with Gasteiger partial charge in [0.1, 0.15) is 0 Å². The number of nitrogens with two attached hydrogens (primary N) is 1. The van der Waals surface area contributed by atoms with Crippen LogP contribution in [0.2, 0.25) is 0 Å². The Balaban J connectivity index is 2.46. The molecule has 1 aliphatic rings.